The minimum atomic E-state index is 0.692. The van der Waals surface area contributed by atoms with E-state index >= 15 is 0 Å². The summed E-state index contributed by atoms with van der Waals surface area (Å²) in [4.78, 5) is 11.0. The fourth-order valence-corrected chi connectivity index (χ4v) is 2.18. The highest BCUT2D eigenvalue weighted by molar-refractivity contribution is 6.31. The maximum absolute atomic E-state index is 6.15. The Kier molecular flexibility index (Phi) is 5.32. The maximum Gasteiger partial charge on any atom is 0.129 e. The predicted molar refractivity (Wildman–Crippen MR) is 83.0 cm³/mol. The van der Waals surface area contributed by atoms with E-state index in [0.29, 0.717) is 5.02 Å². The van der Waals surface area contributed by atoms with Gasteiger partial charge in [0.1, 0.15) is 5.82 Å². The van der Waals surface area contributed by atoms with Crippen LogP contribution in [0.1, 0.15) is 18.2 Å². The van der Waals surface area contributed by atoms with Gasteiger partial charge in [-0.1, -0.05) is 17.7 Å². The molecular weight excluding hydrogens is 272 g/mol. The van der Waals surface area contributed by atoms with Crippen molar-refractivity contribution in [3.05, 3.63) is 52.9 Å². The molecule has 2 aromatic heterocycles. The first kappa shape index (κ1) is 14.8. The second kappa shape index (κ2) is 7.22. The Morgan fingerprint density at radius 2 is 2.15 bits per heavy atom. The zero-order valence-corrected chi connectivity index (χ0v) is 12.6. The molecule has 2 aromatic rings. The smallest absolute Gasteiger partial charge is 0.129 e. The lowest BCUT2D eigenvalue weighted by molar-refractivity contribution is 0.783. The molecular formula is C15H19ClN4. The minimum absolute atomic E-state index is 0.692. The van der Waals surface area contributed by atoms with Gasteiger partial charge in [0.15, 0.2) is 0 Å². The lowest BCUT2D eigenvalue weighted by atomic mass is 10.2. The third kappa shape index (κ3) is 3.68. The van der Waals surface area contributed by atoms with Crippen molar-refractivity contribution in [2.24, 2.45) is 0 Å². The molecule has 0 saturated carbocycles. The highest BCUT2D eigenvalue weighted by atomic mass is 35.5. The SMILES string of the molecule is CCN(Cc1ccccn1)c1cc(CNC)c(Cl)cn1. The Balaban J connectivity index is 2.21. The summed E-state index contributed by atoms with van der Waals surface area (Å²) in [5, 5.41) is 3.81. The predicted octanol–water partition coefficient (Wildman–Crippen LogP) is 2.88. The molecule has 106 valence electrons. The van der Waals surface area contributed by atoms with Gasteiger partial charge in [-0.15, -0.1) is 0 Å². The summed E-state index contributed by atoms with van der Waals surface area (Å²) < 4.78 is 0. The highest BCUT2D eigenvalue weighted by Crippen LogP contribution is 2.21. The van der Waals surface area contributed by atoms with Crippen LogP contribution in [0.3, 0.4) is 0 Å². The number of rotatable bonds is 6. The van der Waals surface area contributed by atoms with Crippen molar-refractivity contribution in [3.8, 4) is 0 Å². The highest BCUT2D eigenvalue weighted by Gasteiger charge is 2.10. The first-order valence-corrected chi connectivity index (χ1v) is 7.06. The number of aromatic nitrogens is 2. The molecule has 0 unspecified atom stereocenters. The molecule has 0 bridgehead atoms. The Morgan fingerprint density at radius 1 is 1.30 bits per heavy atom. The van der Waals surface area contributed by atoms with Crippen molar-refractivity contribution >= 4 is 17.4 Å². The van der Waals surface area contributed by atoms with Crippen LogP contribution >= 0.6 is 11.6 Å². The zero-order chi connectivity index (χ0) is 14.4. The van der Waals surface area contributed by atoms with Gasteiger partial charge in [-0.05, 0) is 37.7 Å². The van der Waals surface area contributed by atoms with E-state index in [1.165, 1.54) is 0 Å². The molecule has 4 nitrogen and oxygen atoms in total. The van der Waals surface area contributed by atoms with E-state index in [4.69, 9.17) is 11.6 Å². The number of nitrogens with zero attached hydrogens (tertiary/aromatic N) is 3. The second-order valence-electron chi connectivity index (χ2n) is 4.50. The number of hydrogen-bond acceptors (Lipinski definition) is 4. The van der Waals surface area contributed by atoms with Crippen LogP contribution in [0.5, 0.6) is 0 Å². The Labute approximate surface area is 124 Å². The molecule has 0 amide bonds. The van der Waals surface area contributed by atoms with E-state index in [-0.39, 0.29) is 0 Å². The van der Waals surface area contributed by atoms with E-state index in [2.05, 4.69) is 27.1 Å². The molecule has 1 N–H and O–H groups in total. The quantitative estimate of drug-likeness (QED) is 0.888. The van der Waals surface area contributed by atoms with Gasteiger partial charge in [-0.2, -0.15) is 0 Å². The molecule has 0 aliphatic rings. The van der Waals surface area contributed by atoms with Crippen molar-refractivity contribution in [2.75, 3.05) is 18.5 Å². The number of halogens is 1. The van der Waals surface area contributed by atoms with E-state index in [9.17, 15) is 0 Å². The van der Waals surface area contributed by atoms with Crippen LogP contribution in [-0.4, -0.2) is 23.6 Å². The number of anilines is 1. The Morgan fingerprint density at radius 3 is 2.80 bits per heavy atom. The van der Waals surface area contributed by atoms with E-state index < -0.39 is 0 Å². The van der Waals surface area contributed by atoms with Crippen LogP contribution in [0.2, 0.25) is 5.02 Å². The van der Waals surface area contributed by atoms with E-state index in [1.807, 2.05) is 37.5 Å². The topological polar surface area (TPSA) is 41.1 Å². The molecule has 0 aliphatic carbocycles. The van der Waals surface area contributed by atoms with Crippen molar-refractivity contribution in [1.82, 2.24) is 15.3 Å². The third-order valence-electron chi connectivity index (χ3n) is 3.07. The third-order valence-corrected chi connectivity index (χ3v) is 3.41. The lowest BCUT2D eigenvalue weighted by Gasteiger charge is -2.22. The summed E-state index contributed by atoms with van der Waals surface area (Å²) in [6, 6.07) is 7.97. The minimum Gasteiger partial charge on any atom is -0.351 e. The van der Waals surface area contributed by atoms with Crippen LogP contribution < -0.4 is 10.2 Å². The number of nitrogens with one attached hydrogen (secondary N) is 1. The molecule has 0 spiro atoms. The van der Waals surface area contributed by atoms with Gasteiger partial charge >= 0.3 is 0 Å². The van der Waals surface area contributed by atoms with Gasteiger partial charge in [0.25, 0.3) is 0 Å². The average molecular weight is 291 g/mol. The summed E-state index contributed by atoms with van der Waals surface area (Å²) in [5.74, 6) is 0.924. The van der Waals surface area contributed by atoms with Crippen LogP contribution in [0.25, 0.3) is 0 Å². The average Bonchev–Trinajstić information content (AvgIpc) is 2.48. The van der Waals surface area contributed by atoms with E-state index in [0.717, 1.165) is 36.7 Å². The van der Waals surface area contributed by atoms with Crippen LogP contribution in [0, 0.1) is 0 Å². The largest absolute Gasteiger partial charge is 0.351 e. The summed E-state index contributed by atoms with van der Waals surface area (Å²) in [6.07, 6.45) is 3.52. The lowest BCUT2D eigenvalue weighted by Crippen LogP contribution is -2.24. The van der Waals surface area contributed by atoms with E-state index in [1.54, 1.807) is 6.20 Å². The Hall–Kier alpha value is -1.65. The van der Waals surface area contributed by atoms with Crippen LogP contribution in [0.15, 0.2) is 36.7 Å². The number of hydrogen-bond donors (Lipinski definition) is 1. The summed E-state index contributed by atoms with van der Waals surface area (Å²) in [7, 11) is 1.90. The molecule has 2 rings (SSSR count). The molecule has 0 aromatic carbocycles. The molecule has 0 saturated heterocycles. The monoisotopic (exact) mass is 290 g/mol. The molecule has 2 heterocycles. The maximum atomic E-state index is 6.15. The summed E-state index contributed by atoms with van der Waals surface area (Å²) >= 11 is 6.15. The Bertz CT molecular complexity index is 545. The van der Waals surface area contributed by atoms with Crippen molar-refractivity contribution < 1.29 is 0 Å². The standard InChI is InChI=1S/C15H19ClN4/c1-3-20(11-13-6-4-5-7-18-13)15-8-12(9-17-2)14(16)10-19-15/h4-8,10,17H,3,9,11H2,1-2H3. The van der Waals surface area contributed by atoms with Crippen molar-refractivity contribution in [1.29, 1.82) is 0 Å². The summed E-state index contributed by atoms with van der Waals surface area (Å²) in [5.41, 5.74) is 2.08. The molecule has 0 atom stereocenters. The van der Waals surface area contributed by atoms with Crippen molar-refractivity contribution in [3.63, 3.8) is 0 Å². The van der Waals surface area contributed by atoms with Gasteiger partial charge < -0.3 is 10.2 Å². The number of pyridine rings is 2. The molecule has 0 radical (unpaired) electrons. The fraction of sp³-hybridized carbons (Fsp3) is 0.333. The van der Waals surface area contributed by atoms with Gasteiger partial charge in [0, 0.05) is 25.5 Å². The fourth-order valence-electron chi connectivity index (χ4n) is 2.01. The van der Waals surface area contributed by atoms with Crippen LogP contribution in [0.4, 0.5) is 5.82 Å². The zero-order valence-electron chi connectivity index (χ0n) is 11.8. The second-order valence-corrected chi connectivity index (χ2v) is 4.91. The molecule has 0 fully saturated rings. The van der Waals surface area contributed by atoms with Gasteiger partial charge in [-0.25, -0.2) is 4.98 Å². The summed E-state index contributed by atoms with van der Waals surface area (Å²) in [6.45, 7) is 4.45. The first-order chi connectivity index (χ1) is 9.74. The normalized spacial score (nSPS) is 10.6. The molecule has 5 heteroatoms. The van der Waals surface area contributed by atoms with Crippen molar-refractivity contribution in [2.45, 2.75) is 20.0 Å². The van der Waals surface area contributed by atoms with Crippen LogP contribution in [-0.2, 0) is 13.1 Å². The first-order valence-electron chi connectivity index (χ1n) is 6.68. The molecule has 20 heavy (non-hydrogen) atoms. The molecule has 0 aliphatic heterocycles. The van der Waals surface area contributed by atoms with Gasteiger partial charge in [-0.3, -0.25) is 4.98 Å². The van der Waals surface area contributed by atoms with Gasteiger partial charge in [0.05, 0.1) is 17.3 Å². The van der Waals surface area contributed by atoms with Gasteiger partial charge in [0.2, 0.25) is 0 Å².